The lowest BCUT2D eigenvalue weighted by Gasteiger charge is -2.38. The van der Waals surface area contributed by atoms with Crippen molar-refractivity contribution in [3.63, 3.8) is 0 Å². The lowest BCUT2D eigenvalue weighted by Crippen LogP contribution is -2.43. The smallest absolute Gasteiger partial charge is 0.234 e. The molecule has 2 aromatic rings. The van der Waals surface area contributed by atoms with Crippen molar-refractivity contribution in [2.45, 2.75) is 48.5 Å². The number of anilines is 1. The molecular weight excluding hydrogens is 332 g/mol. The molecular formula is C20H22N2O2S. The van der Waals surface area contributed by atoms with Crippen LogP contribution < -0.4 is 15.8 Å². The summed E-state index contributed by atoms with van der Waals surface area (Å²) in [6.07, 6.45) is 1.50. The van der Waals surface area contributed by atoms with Crippen molar-refractivity contribution in [1.82, 2.24) is 5.32 Å². The van der Waals surface area contributed by atoms with Crippen LogP contribution in [0.15, 0.2) is 47.4 Å². The zero-order chi connectivity index (χ0) is 17.6. The van der Waals surface area contributed by atoms with E-state index in [9.17, 15) is 4.79 Å². The predicted molar refractivity (Wildman–Crippen MR) is 101 cm³/mol. The highest BCUT2D eigenvalue weighted by atomic mass is 32.2. The summed E-state index contributed by atoms with van der Waals surface area (Å²) in [5.41, 5.74) is 8.53. The molecule has 25 heavy (non-hydrogen) atoms. The minimum absolute atomic E-state index is 0.0760. The van der Waals surface area contributed by atoms with Crippen LogP contribution in [0.3, 0.4) is 0 Å². The van der Waals surface area contributed by atoms with Gasteiger partial charge in [-0.05, 0) is 50.1 Å². The van der Waals surface area contributed by atoms with Crippen LogP contribution in [0, 0.1) is 0 Å². The van der Waals surface area contributed by atoms with Gasteiger partial charge in [-0.1, -0.05) is 18.2 Å². The Hall–Kier alpha value is -2.14. The summed E-state index contributed by atoms with van der Waals surface area (Å²) in [7, 11) is 0. The van der Waals surface area contributed by atoms with Gasteiger partial charge in [-0.15, -0.1) is 11.8 Å². The van der Waals surface area contributed by atoms with Gasteiger partial charge >= 0.3 is 0 Å². The number of hydrogen-bond acceptors (Lipinski definition) is 4. The molecule has 5 heteroatoms. The molecule has 0 aliphatic carbocycles. The van der Waals surface area contributed by atoms with Gasteiger partial charge in [0.25, 0.3) is 0 Å². The maximum absolute atomic E-state index is 12.9. The Labute approximate surface area is 152 Å². The molecule has 0 saturated heterocycles. The fraction of sp³-hybridized carbons (Fsp3) is 0.350. The molecule has 0 saturated carbocycles. The summed E-state index contributed by atoms with van der Waals surface area (Å²) in [6, 6.07) is 13.8. The first kappa shape index (κ1) is 16.3. The molecule has 0 bridgehead atoms. The standard InChI is InChI=1S/C20H22N2O2S/c1-20(2)11-15(14-10-13(21)7-8-16(14)24-20)22-19(23)18-9-12-5-3-4-6-17(12)25-18/h3-8,10,15,18H,9,11,21H2,1-2H3,(H,22,23). The van der Waals surface area contributed by atoms with Crippen LogP contribution in [-0.2, 0) is 11.2 Å². The minimum Gasteiger partial charge on any atom is -0.487 e. The van der Waals surface area contributed by atoms with E-state index >= 15 is 0 Å². The van der Waals surface area contributed by atoms with Gasteiger partial charge in [0.1, 0.15) is 11.4 Å². The molecule has 2 unspecified atom stereocenters. The van der Waals surface area contributed by atoms with Gasteiger partial charge < -0.3 is 15.8 Å². The quantitative estimate of drug-likeness (QED) is 0.807. The molecule has 0 fully saturated rings. The minimum atomic E-state index is -0.327. The number of amides is 1. The number of nitrogen functional groups attached to an aromatic ring is 1. The molecule has 0 aromatic heterocycles. The van der Waals surface area contributed by atoms with Crippen molar-refractivity contribution in [3.05, 3.63) is 53.6 Å². The summed E-state index contributed by atoms with van der Waals surface area (Å²) < 4.78 is 6.05. The number of nitrogens with one attached hydrogen (secondary N) is 1. The third kappa shape index (κ3) is 3.21. The molecule has 1 amide bonds. The van der Waals surface area contributed by atoms with E-state index in [0.29, 0.717) is 5.69 Å². The number of nitrogens with two attached hydrogens (primary N) is 1. The second kappa shape index (κ2) is 5.99. The highest BCUT2D eigenvalue weighted by Crippen LogP contribution is 2.41. The molecule has 2 aromatic carbocycles. The average Bonchev–Trinajstić information content (AvgIpc) is 2.99. The number of ether oxygens (including phenoxy) is 1. The van der Waals surface area contributed by atoms with Crippen LogP contribution in [0.4, 0.5) is 5.69 Å². The molecule has 3 N–H and O–H groups in total. The topological polar surface area (TPSA) is 64.4 Å². The first-order valence-corrected chi connectivity index (χ1v) is 9.43. The molecule has 130 valence electrons. The van der Waals surface area contributed by atoms with Crippen LogP contribution in [0.5, 0.6) is 5.75 Å². The zero-order valence-electron chi connectivity index (χ0n) is 14.4. The van der Waals surface area contributed by atoms with E-state index in [-0.39, 0.29) is 22.8 Å². The van der Waals surface area contributed by atoms with E-state index in [1.165, 1.54) is 10.5 Å². The monoisotopic (exact) mass is 354 g/mol. The van der Waals surface area contributed by atoms with Crippen molar-refractivity contribution in [3.8, 4) is 5.75 Å². The Balaban J connectivity index is 1.55. The number of carbonyl (C=O) groups excluding carboxylic acids is 1. The fourth-order valence-corrected chi connectivity index (χ4v) is 4.80. The summed E-state index contributed by atoms with van der Waals surface area (Å²) >= 11 is 1.65. The highest BCUT2D eigenvalue weighted by Gasteiger charge is 2.36. The Morgan fingerprint density at radius 2 is 2.08 bits per heavy atom. The van der Waals surface area contributed by atoms with Gasteiger partial charge in [0, 0.05) is 22.6 Å². The van der Waals surface area contributed by atoms with Gasteiger partial charge in [0.15, 0.2) is 0 Å². The van der Waals surface area contributed by atoms with E-state index in [1.54, 1.807) is 11.8 Å². The third-order valence-corrected chi connectivity index (χ3v) is 6.06. The van der Waals surface area contributed by atoms with E-state index in [0.717, 1.165) is 24.2 Å². The number of fused-ring (bicyclic) bond motifs is 2. The van der Waals surface area contributed by atoms with E-state index in [1.807, 2.05) is 44.2 Å². The van der Waals surface area contributed by atoms with Crippen molar-refractivity contribution < 1.29 is 9.53 Å². The molecule has 2 heterocycles. The lowest BCUT2D eigenvalue weighted by atomic mass is 9.89. The number of hydrogen-bond donors (Lipinski definition) is 2. The SMILES string of the molecule is CC1(C)CC(NC(=O)C2Cc3ccccc3S2)c2cc(N)ccc2O1. The second-order valence-corrected chi connectivity index (χ2v) is 8.59. The molecule has 2 aliphatic heterocycles. The Morgan fingerprint density at radius 1 is 1.28 bits per heavy atom. The number of benzene rings is 2. The molecule has 4 rings (SSSR count). The van der Waals surface area contributed by atoms with Gasteiger partial charge in [0.05, 0.1) is 11.3 Å². The molecule has 0 radical (unpaired) electrons. The van der Waals surface area contributed by atoms with Crippen LogP contribution in [0.2, 0.25) is 0 Å². The maximum atomic E-state index is 12.9. The first-order chi connectivity index (χ1) is 11.9. The molecule has 2 atom stereocenters. The summed E-state index contributed by atoms with van der Waals surface area (Å²) in [5, 5.41) is 3.16. The lowest BCUT2D eigenvalue weighted by molar-refractivity contribution is -0.121. The van der Waals surface area contributed by atoms with E-state index in [2.05, 4.69) is 17.4 Å². The largest absolute Gasteiger partial charge is 0.487 e. The van der Waals surface area contributed by atoms with Crippen molar-refractivity contribution in [2.24, 2.45) is 0 Å². The molecule has 2 aliphatic rings. The van der Waals surface area contributed by atoms with Crippen molar-refractivity contribution in [1.29, 1.82) is 0 Å². The molecule has 0 spiro atoms. The Bertz CT molecular complexity index is 809. The molecule has 4 nitrogen and oxygen atoms in total. The third-order valence-electron chi connectivity index (χ3n) is 4.75. The number of thioether (sulfide) groups is 1. The fourth-order valence-electron chi connectivity index (χ4n) is 3.59. The second-order valence-electron chi connectivity index (χ2n) is 7.34. The van der Waals surface area contributed by atoms with E-state index in [4.69, 9.17) is 10.5 Å². The van der Waals surface area contributed by atoms with E-state index < -0.39 is 0 Å². The summed E-state index contributed by atoms with van der Waals surface area (Å²) in [5.74, 6) is 0.885. The summed E-state index contributed by atoms with van der Waals surface area (Å²) in [6.45, 7) is 4.09. The predicted octanol–water partition coefficient (Wildman–Crippen LogP) is 3.70. The Morgan fingerprint density at radius 3 is 2.88 bits per heavy atom. The van der Waals surface area contributed by atoms with Crippen molar-refractivity contribution >= 4 is 23.4 Å². The van der Waals surface area contributed by atoms with Crippen LogP contribution >= 0.6 is 11.8 Å². The number of carbonyl (C=O) groups is 1. The van der Waals surface area contributed by atoms with Crippen LogP contribution in [0.1, 0.15) is 37.4 Å². The Kier molecular flexibility index (Phi) is 3.91. The first-order valence-electron chi connectivity index (χ1n) is 8.55. The normalized spacial score (nSPS) is 23.3. The van der Waals surface area contributed by atoms with Gasteiger partial charge in [-0.3, -0.25) is 4.79 Å². The van der Waals surface area contributed by atoms with Gasteiger partial charge in [-0.25, -0.2) is 0 Å². The van der Waals surface area contributed by atoms with Crippen molar-refractivity contribution in [2.75, 3.05) is 5.73 Å². The highest BCUT2D eigenvalue weighted by molar-refractivity contribution is 8.01. The van der Waals surface area contributed by atoms with Crippen LogP contribution in [-0.4, -0.2) is 16.8 Å². The summed E-state index contributed by atoms with van der Waals surface area (Å²) in [4.78, 5) is 14.1. The number of rotatable bonds is 2. The maximum Gasteiger partial charge on any atom is 0.234 e. The van der Waals surface area contributed by atoms with Crippen LogP contribution in [0.25, 0.3) is 0 Å². The zero-order valence-corrected chi connectivity index (χ0v) is 15.2. The van der Waals surface area contributed by atoms with Gasteiger partial charge in [-0.2, -0.15) is 0 Å². The average molecular weight is 354 g/mol. The van der Waals surface area contributed by atoms with Gasteiger partial charge in [0.2, 0.25) is 5.91 Å².